The van der Waals surface area contributed by atoms with Crippen LogP contribution >= 0.6 is 23.4 Å². The second kappa shape index (κ2) is 10.4. The van der Waals surface area contributed by atoms with Crippen LogP contribution in [-0.2, 0) is 4.79 Å². The highest BCUT2D eigenvalue weighted by Crippen LogP contribution is 2.36. The van der Waals surface area contributed by atoms with Gasteiger partial charge in [-0.2, -0.15) is 10.2 Å². The van der Waals surface area contributed by atoms with Gasteiger partial charge >= 0.3 is 0 Å². The average molecular weight is 512 g/mol. The van der Waals surface area contributed by atoms with Crippen molar-refractivity contribution in [2.75, 3.05) is 4.90 Å². The van der Waals surface area contributed by atoms with Crippen LogP contribution in [0.5, 0.6) is 0 Å². The molecule has 1 saturated heterocycles. The summed E-state index contributed by atoms with van der Waals surface area (Å²) in [5, 5.41) is 14.6. The number of amidine groups is 1. The lowest BCUT2D eigenvalue weighted by atomic mass is 10.2. The molecule has 0 spiro atoms. The summed E-state index contributed by atoms with van der Waals surface area (Å²) in [6.45, 7) is 3.94. The number of nitrogens with zero attached hydrogens (tertiary/aromatic N) is 5. The zero-order valence-electron chi connectivity index (χ0n) is 19.7. The minimum absolute atomic E-state index is 0.153. The first-order valence-corrected chi connectivity index (χ1v) is 12.5. The first kappa shape index (κ1) is 23.8. The number of carbonyl (C=O) groups is 1. The third-order valence-electron chi connectivity index (χ3n) is 5.67. The molecule has 0 aliphatic carbocycles. The summed E-state index contributed by atoms with van der Waals surface area (Å²) >= 11 is 7.29. The van der Waals surface area contributed by atoms with Crippen molar-refractivity contribution in [2.24, 2.45) is 10.2 Å². The van der Waals surface area contributed by atoms with E-state index in [-0.39, 0.29) is 5.91 Å². The van der Waals surface area contributed by atoms with Gasteiger partial charge in [0.1, 0.15) is 0 Å². The van der Waals surface area contributed by atoms with Gasteiger partial charge in [0.15, 0.2) is 0 Å². The van der Waals surface area contributed by atoms with Gasteiger partial charge in [0.25, 0.3) is 5.91 Å². The van der Waals surface area contributed by atoms with E-state index in [9.17, 15) is 4.79 Å². The molecule has 6 nitrogen and oxygen atoms in total. The van der Waals surface area contributed by atoms with Crippen molar-refractivity contribution >= 4 is 52.4 Å². The van der Waals surface area contributed by atoms with Crippen LogP contribution in [0.25, 0.3) is 11.8 Å². The maximum Gasteiger partial charge on any atom is 0.271 e. The molecule has 3 aromatic carbocycles. The molecular weight excluding hydrogens is 490 g/mol. The van der Waals surface area contributed by atoms with Crippen molar-refractivity contribution in [1.29, 1.82) is 0 Å². The SMILES string of the molecule is Cc1nn(-c2ccccc2)c(C)c1/C=N/N=C1\S/C(=C/c2ccc(Cl)cc2)C(=O)N1c1ccccc1. The van der Waals surface area contributed by atoms with Crippen molar-refractivity contribution < 1.29 is 4.79 Å². The van der Waals surface area contributed by atoms with Crippen LogP contribution in [0.15, 0.2) is 100 Å². The number of thioether (sulfide) groups is 1. The Balaban J connectivity index is 1.48. The molecule has 0 saturated carbocycles. The van der Waals surface area contributed by atoms with Gasteiger partial charge in [-0.15, -0.1) is 5.10 Å². The molecule has 36 heavy (non-hydrogen) atoms. The predicted octanol–water partition coefficient (Wildman–Crippen LogP) is 6.65. The molecule has 1 aliphatic heterocycles. The fourth-order valence-corrected chi connectivity index (χ4v) is 4.92. The van der Waals surface area contributed by atoms with Crippen molar-refractivity contribution in [3.8, 4) is 5.69 Å². The topological polar surface area (TPSA) is 62.9 Å². The Hall–Kier alpha value is -3.94. The van der Waals surface area contributed by atoms with E-state index in [1.165, 1.54) is 11.8 Å². The van der Waals surface area contributed by atoms with Crippen LogP contribution < -0.4 is 4.90 Å². The average Bonchev–Trinajstić information content (AvgIpc) is 3.36. The molecule has 1 aromatic heterocycles. The van der Waals surface area contributed by atoms with Gasteiger partial charge < -0.3 is 0 Å². The van der Waals surface area contributed by atoms with Gasteiger partial charge in [0, 0.05) is 10.6 Å². The smallest absolute Gasteiger partial charge is 0.268 e. The third-order valence-corrected chi connectivity index (χ3v) is 6.88. The number of halogens is 1. The number of amides is 1. The van der Waals surface area contributed by atoms with E-state index in [2.05, 4.69) is 15.3 Å². The zero-order chi connectivity index (χ0) is 25.1. The largest absolute Gasteiger partial charge is 0.271 e. The molecule has 0 bridgehead atoms. The zero-order valence-corrected chi connectivity index (χ0v) is 21.2. The lowest BCUT2D eigenvalue weighted by Gasteiger charge is -2.14. The van der Waals surface area contributed by atoms with Crippen LogP contribution in [-0.4, -0.2) is 27.1 Å². The Bertz CT molecular complexity index is 1490. The van der Waals surface area contributed by atoms with E-state index < -0.39 is 0 Å². The molecule has 0 radical (unpaired) electrons. The van der Waals surface area contributed by atoms with Crippen molar-refractivity contribution in [2.45, 2.75) is 13.8 Å². The molecule has 5 rings (SSSR count). The second-order valence-electron chi connectivity index (χ2n) is 8.10. The Morgan fingerprint density at radius 1 is 0.889 bits per heavy atom. The summed E-state index contributed by atoms with van der Waals surface area (Å²) in [7, 11) is 0. The van der Waals surface area contributed by atoms with Crippen LogP contribution in [0, 0.1) is 13.8 Å². The first-order chi connectivity index (χ1) is 17.5. The van der Waals surface area contributed by atoms with Gasteiger partial charge in [-0.1, -0.05) is 60.1 Å². The van der Waals surface area contributed by atoms with E-state index in [1.54, 1.807) is 23.2 Å². The maximum atomic E-state index is 13.4. The summed E-state index contributed by atoms with van der Waals surface area (Å²) in [6, 6.07) is 26.7. The number of benzene rings is 3. The molecule has 4 aromatic rings. The number of aromatic nitrogens is 2. The van der Waals surface area contributed by atoms with Crippen LogP contribution in [0.3, 0.4) is 0 Å². The number of hydrogen-bond donors (Lipinski definition) is 0. The summed E-state index contributed by atoms with van der Waals surface area (Å²) in [5.41, 5.74) is 5.29. The molecule has 8 heteroatoms. The summed E-state index contributed by atoms with van der Waals surface area (Å²) in [4.78, 5) is 15.5. The molecule has 1 amide bonds. The number of rotatable bonds is 5. The maximum absolute atomic E-state index is 13.4. The highest BCUT2D eigenvalue weighted by atomic mass is 35.5. The van der Waals surface area contributed by atoms with Gasteiger partial charge in [-0.05, 0) is 73.6 Å². The van der Waals surface area contributed by atoms with E-state index in [0.717, 1.165) is 33.9 Å². The summed E-state index contributed by atoms with van der Waals surface area (Å²) in [6.07, 6.45) is 3.53. The van der Waals surface area contributed by atoms with Gasteiger partial charge in [-0.25, -0.2) is 4.68 Å². The molecule has 2 heterocycles. The normalized spacial score (nSPS) is 16.1. The molecule has 0 atom stereocenters. The highest BCUT2D eigenvalue weighted by Gasteiger charge is 2.34. The molecule has 1 fully saturated rings. The molecule has 178 valence electrons. The van der Waals surface area contributed by atoms with Crippen LogP contribution in [0.1, 0.15) is 22.5 Å². The van der Waals surface area contributed by atoms with E-state index >= 15 is 0 Å². The molecule has 0 N–H and O–H groups in total. The van der Waals surface area contributed by atoms with Crippen molar-refractivity contribution in [3.05, 3.63) is 117 Å². The Morgan fingerprint density at radius 3 is 2.19 bits per heavy atom. The monoisotopic (exact) mass is 511 g/mol. The Labute approximate surface area is 218 Å². The molecule has 0 unspecified atom stereocenters. The van der Waals surface area contributed by atoms with Gasteiger partial charge in [0.05, 0.1) is 33.9 Å². The number of anilines is 1. The Morgan fingerprint density at radius 2 is 1.53 bits per heavy atom. The quantitative estimate of drug-likeness (QED) is 0.171. The molecular formula is C28H22ClN5OS. The fourth-order valence-electron chi connectivity index (χ4n) is 3.85. The fraction of sp³-hybridized carbons (Fsp3) is 0.0714. The standard InChI is InChI=1S/C28H22ClN5OS/c1-19-25(20(2)34(32-19)24-11-7-4-8-12-24)18-30-31-28-33(23-9-5-3-6-10-23)27(35)26(36-28)17-21-13-15-22(29)16-14-21/h3-18H,1-2H3/b26-17+,30-18+,31-28-. The third kappa shape index (κ3) is 4.89. The van der Waals surface area contributed by atoms with Gasteiger partial charge in [-0.3, -0.25) is 9.69 Å². The number of para-hydroxylation sites is 2. The Kier molecular flexibility index (Phi) is 6.84. The van der Waals surface area contributed by atoms with E-state index in [1.807, 2.05) is 97.4 Å². The van der Waals surface area contributed by atoms with Crippen LogP contribution in [0.4, 0.5) is 5.69 Å². The summed E-state index contributed by atoms with van der Waals surface area (Å²) in [5.74, 6) is -0.153. The van der Waals surface area contributed by atoms with Gasteiger partial charge in [0.2, 0.25) is 5.17 Å². The second-order valence-corrected chi connectivity index (χ2v) is 9.54. The van der Waals surface area contributed by atoms with E-state index in [0.29, 0.717) is 15.1 Å². The number of carbonyl (C=O) groups excluding carboxylic acids is 1. The van der Waals surface area contributed by atoms with Crippen molar-refractivity contribution in [3.63, 3.8) is 0 Å². The minimum Gasteiger partial charge on any atom is -0.268 e. The highest BCUT2D eigenvalue weighted by molar-refractivity contribution is 8.19. The van der Waals surface area contributed by atoms with E-state index in [4.69, 9.17) is 11.6 Å². The predicted molar refractivity (Wildman–Crippen MR) is 149 cm³/mol. The number of aryl methyl sites for hydroxylation is 1. The minimum atomic E-state index is -0.153. The lowest BCUT2D eigenvalue weighted by Crippen LogP contribution is -2.28. The number of hydrogen-bond acceptors (Lipinski definition) is 5. The molecule has 1 aliphatic rings. The van der Waals surface area contributed by atoms with Crippen LogP contribution in [0.2, 0.25) is 5.02 Å². The van der Waals surface area contributed by atoms with Crippen molar-refractivity contribution in [1.82, 2.24) is 9.78 Å². The first-order valence-electron chi connectivity index (χ1n) is 11.3. The summed E-state index contributed by atoms with van der Waals surface area (Å²) < 4.78 is 1.89. The lowest BCUT2D eigenvalue weighted by molar-refractivity contribution is -0.113.